The minimum absolute atomic E-state index is 0.0255. The first-order chi connectivity index (χ1) is 19.0. The van der Waals surface area contributed by atoms with Crippen molar-refractivity contribution in [2.45, 2.75) is 13.1 Å². The van der Waals surface area contributed by atoms with Crippen molar-refractivity contribution in [2.24, 2.45) is 0 Å². The molecule has 0 aliphatic heterocycles. The number of alkyl halides is 3. The van der Waals surface area contributed by atoms with E-state index in [9.17, 15) is 27.9 Å². The summed E-state index contributed by atoms with van der Waals surface area (Å²) in [7, 11) is 1.44. The third-order valence-corrected chi connectivity index (χ3v) is 6.05. The molecule has 2 amide bonds. The zero-order valence-corrected chi connectivity index (χ0v) is 21.9. The number of carbonyl (C=O) groups is 2. The van der Waals surface area contributed by atoms with E-state index in [2.05, 4.69) is 10.6 Å². The molecule has 0 bridgehead atoms. The van der Waals surface area contributed by atoms with Crippen molar-refractivity contribution in [3.63, 3.8) is 0 Å². The number of aromatic hydroxyl groups is 1. The zero-order chi connectivity index (χ0) is 29.0. The van der Waals surface area contributed by atoms with E-state index >= 15 is 0 Å². The summed E-state index contributed by atoms with van der Waals surface area (Å²) in [4.78, 5) is 25.6. The Morgan fingerprint density at radius 1 is 1.00 bits per heavy atom. The summed E-state index contributed by atoms with van der Waals surface area (Å²) in [5.41, 5.74) is 0.434. The highest BCUT2D eigenvalue weighted by atomic mass is 35.5. The van der Waals surface area contributed by atoms with Crippen molar-refractivity contribution in [1.29, 1.82) is 0 Å². The molecule has 0 atom stereocenters. The van der Waals surface area contributed by atoms with Gasteiger partial charge in [0.25, 0.3) is 0 Å². The van der Waals surface area contributed by atoms with E-state index in [1.54, 1.807) is 49.4 Å². The van der Waals surface area contributed by atoms with E-state index in [1.807, 2.05) is 0 Å². The number of hydrogen-bond acceptors (Lipinski definition) is 5. The van der Waals surface area contributed by atoms with E-state index in [1.165, 1.54) is 23.8 Å². The lowest BCUT2D eigenvalue weighted by Gasteiger charge is -2.14. The molecule has 3 aromatic carbocycles. The number of halogens is 4. The number of hydrogen-bond donors (Lipinski definition) is 3. The Hall–Kier alpha value is -4.64. The summed E-state index contributed by atoms with van der Waals surface area (Å²) in [6.07, 6.45) is -4.59. The Kier molecular flexibility index (Phi) is 8.24. The van der Waals surface area contributed by atoms with Crippen LogP contribution in [0.5, 0.6) is 11.5 Å². The van der Waals surface area contributed by atoms with Crippen LogP contribution < -0.4 is 15.4 Å². The zero-order valence-electron chi connectivity index (χ0n) is 21.2. The molecule has 12 heteroatoms. The van der Waals surface area contributed by atoms with Crippen LogP contribution in [0.4, 0.5) is 29.3 Å². The minimum atomic E-state index is -4.59. The van der Waals surface area contributed by atoms with E-state index in [4.69, 9.17) is 21.1 Å². The molecule has 0 aliphatic rings. The number of ether oxygens (including phenoxy) is 2. The fourth-order valence-corrected chi connectivity index (χ4v) is 4.29. The van der Waals surface area contributed by atoms with Crippen molar-refractivity contribution < 1.29 is 37.3 Å². The van der Waals surface area contributed by atoms with Gasteiger partial charge in [0.1, 0.15) is 5.15 Å². The van der Waals surface area contributed by atoms with Crippen LogP contribution in [0.3, 0.4) is 0 Å². The molecule has 8 nitrogen and oxygen atoms in total. The Morgan fingerprint density at radius 3 is 2.35 bits per heavy atom. The van der Waals surface area contributed by atoms with Crippen molar-refractivity contribution >= 4 is 35.0 Å². The van der Waals surface area contributed by atoms with Crippen LogP contribution in [-0.4, -0.2) is 35.4 Å². The van der Waals surface area contributed by atoms with Gasteiger partial charge in [0, 0.05) is 23.0 Å². The molecular formula is C28H23ClF3N3O5. The molecule has 4 aromatic rings. The number of aromatic nitrogens is 1. The maximum absolute atomic E-state index is 13.0. The molecule has 0 fully saturated rings. The molecule has 1 heterocycles. The average molecular weight is 574 g/mol. The third-order valence-electron chi connectivity index (χ3n) is 5.78. The summed E-state index contributed by atoms with van der Waals surface area (Å²) >= 11 is 6.47. The van der Waals surface area contributed by atoms with Gasteiger partial charge in [-0.25, -0.2) is 9.59 Å². The Bertz CT molecular complexity index is 1550. The van der Waals surface area contributed by atoms with Gasteiger partial charge in [-0.1, -0.05) is 41.9 Å². The SMILES string of the molecule is CCOC(=O)c1c(NC(=O)Nc2cccc(C(F)(F)F)c2)cc(Cl)n1-c1ccc(-c2cccc(OC)c2O)cc1. The molecule has 4 rings (SSSR count). The lowest BCUT2D eigenvalue weighted by Crippen LogP contribution is -2.22. The topological polar surface area (TPSA) is 102 Å². The van der Waals surface area contributed by atoms with Crippen LogP contribution in [0.1, 0.15) is 23.0 Å². The first kappa shape index (κ1) is 28.4. The van der Waals surface area contributed by atoms with Gasteiger partial charge < -0.3 is 25.2 Å². The van der Waals surface area contributed by atoms with Crippen molar-refractivity contribution in [3.05, 3.63) is 89.2 Å². The summed E-state index contributed by atoms with van der Waals surface area (Å²) in [6, 6.07) is 16.3. The number of methoxy groups -OCH3 is 1. The van der Waals surface area contributed by atoms with Crippen LogP contribution in [0.2, 0.25) is 5.15 Å². The lowest BCUT2D eigenvalue weighted by atomic mass is 10.0. The number of esters is 1. The number of para-hydroxylation sites is 1. The fourth-order valence-electron chi connectivity index (χ4n) is 4.00. The monoisotopic (exact) mass is 573 g/mol. The molecule has 208 valence electrons. The first-order valence-corrected chi connectivity index (χ1v) is 12.2. The van der Waals surface area contributed by atoms with E-state index in [0.29, 0.717) is 22.6 Å². The van der Waals surface area contributed by atoms with Gasteiger partial charge in [-0.15, -0.1) is 0 Å². The second-order valence-electron chi connectivity index (χ2n) is 8.35. The standard InChI is InChI=1S/C28H23ClF3N3O5/c1-3-40-26(37)24-21(34-27(38)33-18-7-4-6-17(14-18)28(30,31)32)15-23(29)35(24)19-12-10-16(11-13-19)20-8-5-9-22(39-2)25(20)36/h4-15,36H,3H2,1-2H3,(H2,33,34,38). The highest BCUT2D eigenvalue weighted by molar-refractivity contribution is 6.31. The highest BCUT2D eigenvalue weighted by Gasteiger charge is 2.30. The van der Waals surface area contributed by atoms with E-state index in [0.717, 1.165) is 18.2 Å². The predicted molar refractivity (Wildman–Crippen MR) is 144 cm³/mol. The number of anilines is 2. The molecule has 0 unspecified atom stereocenters. The van der Waals surface area contributed by atoms with Crippen LogP contribution in [0, 0.1) is 0 Å². The Balaban J connectivity index is 1.66. The number of urea groups is 1. The van der Waals surface area contributed by atoms with Crippen LogP contribution in [-0.2, 0) is 10.9 Å². The second kappa shape index (κ2) is 11.6. The molecule has 0 spiro atoms. The predicted octanol–water partition coefficient (Wildman–Crippen LogP) is 7.35. The van der Waals surface area contributed by atoms with Crippen LogP contribution in [0.15, 0.2) is 72.8 Å². The highest BCUT2D eigenvalue weighted by Crippen LogP contribution is 2.38. The molecule has 0 radical (unpaired) electrons. The minimum Gasteiger partial charge on any atom is -0.504 e. The lowest BCUT2D eigenvalue weighted by molar-refractivity contribution is -0.137. The van der Waals surface area contributed by atoms with Crippen molar-refractivity contribution in [2.75, 3.05) is 24.4 Å². The van der Waals surface area contributed by atoms with Crippen LogP contribution >= 0.6 is 11.6 Å². The van der Waals surface area contributed by atoms with Gasteiger partial charge in [-0.05, 0) is 48.9 Å². The number of carbonyl (C=O) groups excluding carboxylic acids is 2. The Morgan fingerprint density at radius 2 is 1.70 bits per heavy atom. The van der Waals surface area contributed by atoms with E-state index in [-0.39, 0.29) is 34.6 Å². The maximum atomic E-state index is 13.0. The first-order valence-electron chi connectivity index (χ1n) is 11.8. The van der Waals surface area contributed by atoms with Crippen molar-refractivity contribution in [3.8, 4) is 28.3 Å². The van der Waals surface area contributed by atoms with Crippen LogP contribution in [0.25, 0.3) is 16.8 Å². The van der Waals surface area contributed by atoms with Gasteiger partial charge in [-0.3, -0.25) is 4.57 Å². The molecule has 40 heavy (non-hydrogen) atoms. The number of benzene rings is 3. The molecular weight excluding hydrogens is 551 g/mol. The summed E-state index contributed by atoms with van der Waals surface area (Å²) in [6.45, 7) is 1.64. The van der Waals surface area contributed by atoms with Gasteiger partial charge in [0.05, 0.1) is 25.0 Å². The number of rotatable bonds is 7. The molecule has 1 aromatic heterocycles. The second-order valence-corrected chi connectivity index (χ2v) is 8.73. The summed E-state index contributed by atoms with van der Waals surface area (Å²) in [5.74, 6) is -0.528. The van der Waals surface area contributed by atoms with Gasteiger partial charge in [0.2, 0.25) is 0 Å². The molecule has 3 N–H and O–H groups in total. The van der Waals surface area contributed by atoms with Gasteiger partial charge >= 0.3 is 18.2 Å². The van der Waals surface area contributed by atoms with E-state index < -0.39 is 23.7 Å². The normalized spacial score (nSPS) is 11.2. The number of phenolic OH excluding ortho intramolecular Hbond substituents is 1. The average Bonchev–Trinajstić information content (AvgIpc) is 3.24. The maximum Gasteiger partial charge on any atom is 0.416 e. The van der Waals surface area contributed by atoms with Gasteiger partial charge in [-0.2, -0.15) is 13.2 Å². The summed E-state index contributed by atoms with van der Waals surface area (Å²) in [5, 5.41) is 15.3. The molecule has 0 saturated heterocycles. The Labute approximate surface area is 231 Å². The number of amides is 2. The number of nitrogens with one attached hydrogen (secondary N) is 2. The van der Waals surface area contributed by atoms with Gasteiger partial charge in [0.15, 0.2) is 17.2 Å². The largest absolute Gasteiger partial charge is 0.504 e. The number of phenols is 1. The molecule has 0 aliphatic carbocycles. The fraction of sp³-hybridized carbons (Fsp3) is 0.143. The third kappa shape index (κ3) is 5.99. The van der Waals surface area contributed by atoms with Crippen molar-refractivity contribution in [1.82, 2.24) is 4.57 Å². The quantitative estimate of drug-likeness (QED) is 0.201. The summed E-state index contributed by atoms with van der Waals surface area (Å²) < 4.78 is 50.8. The molecule has 0 saturated carbocycles. The smallest absolute Gasteiger partial charge is 0.416 e. The number of nitrogens with zero attached hydrogens (tertiary/aromatic N) is 1.